The quantitative estimate of drug-likeness (QED) is 0.654. The normalized spacial score (nSPS) is 23.1. The number of carboxylic acid groups (broad SMARTS) is 1. The first-order valence-corrected chi connectivity index (χ1v) is 11.6. The lowest BCUT2D eigenvalue weighted by atomic mass is 9.98. The monoisotopic (exact) mass is 463 g/mol. The van der Waals surface area contributed by atoms with E-state index in [4.69, 9.17) is 4.74 Å². The van der Waals surface area contributed by atoms with Crippen molar-refractivity contribution in [2.75, 3.05) is 40.3 Å². The molecule has 2 aromatic carbocycles. The molecule has 0 spiro atoms. The number of likely N-dealkylation sites (tertiary alicyclic amines) is 1. The fourth-order valence-electron chi connectivity index (χ4n) is 5.54. The Kier molecular flexibility index (Phi) is 5.56. The number of nitrogens with zero attached hydrogens (tertiary/aromatic N) is 2. The summed E-state index contributed by atoms with van der Waals surface area (Å²) in [4.78, 5) is 40.9. The minimum atomic E-state index is -0.846. The van der Waals surface area contributed by atoms with Crippen molar-refractivity contribution in [3.05, 3.63) is 59.7 Å². The Hall–Kier alpha value is -3.39. The molecule has 3 aliphatic rings. The molecule has 2 unspecified atom stereocenters. The van der Waals surface area contributed by atoms with Gasteiger partial charge in [0.1, 0.15) is 12.6 Å². The predicted molar refractivity (Wildman–Crippen MR) is 125 cm³/mol. The number of carbonyl (C=O) groups is 3. The molecule has 2 amide bonds. The van der Waals surface area contributed by atoms with Crippen LogP contribution in [0.5, 0.6) is 0 Å². The number of carbonyl (C=O) groups excluding carboxylic acids is 2. The summed E-state index contributed by atoms with van der Waals surface area (Å²) < 4.78 is 5.62. The number of alkyl carbamates (subject to hydrolysis) is 1. The molecule has 2 N–H and O–H groups in total. The first-order valence-electron chi connectivity index (χ1n) is 11.6. The van der Waals surface area contributed by atoms with Crippen molar-refractivity contribution in [1.82, 2.24) is 15.1 Å². The molecular formula is C26H29N3O5. The fourth-order valence-corrected chi connectivity index (χ4v) is 5.54. The highest BCUT2D eigenvalue weighted by Crippen LogP contribution is 2.58. The lowest BCUT2D eigenvalue weighted by Gasteiger charge is -2.27. The van der Waals surface area contributed by atoms with Crippen LogP contribution >= 0.6 is 0 Å². The number of benzene rings is 2. The Morgan fingerprint density at radius 2 is 1.74 bits per heavy atom. The van der Waals surface area contributed by atoms with Gasteiger partial charge in [-0.2, -0.15) is 0 Å². The summed E-state index contributed by atoms with van der Waals surface area (Å²) in [5.41, 5.74) is 3.73. The Morgan fingerprint density at radius 3 is 2.29 bits per heavy atom. The number of hydrogen-bond acceptors (Lipinski definition) is 5. The second-order valence-corrected chi connectivity index (χ2v) is 9.87. The van der Waals surface area contributed by atoms with E-state index in [-0.39, 0.29) is 30.9 Å². The van der Waals surface area contributed by atoms with Crippen LogP contribution < -0.4 is 5.32 Å². The summed E-state index contributed by atoms with van der Waals surface area (Å²) in [5.74, 6) is -1.18. The molecule has 5 rings (SSSR count). The lowest BCUT2D eigenvalue weighted by Crippen LogP contribution is -2.53. The zero-order valence-corrected chi connectivity index (χ0v) is 19.4. The van der Waals surface area contributed by atoms with Crippen molar-refractivity contribution in [3.63, 3.8) is 0 Å². The topological polar surface area (TPSA) is 99.2 Å². The van der Waals surface area contributed by atoms with Crippen LogP contribution in [0, 0.1) is 11.3 Å². The average molecular weight is 464 g/mol. The third-order valence-electron chi connectivity index (χ3n) is 7.36. The molecule has 1 saturated carbocycles. The van der Waals surface area contributed by atoms with Crippen LogP contribution in [0.2, 0.25) is 0 Å². The van der Waals surface area contributed by atoms with Crippen LogP contribution in [0.3, 0.4) is 0 Å². The summed E-state index contributed by atoms with van der Waals surface area (Å²) in [6, 6.07) is 15.4. The van der Waals surface area contributed by atoms with E-state index in [9.17, 15) is 19.5 Å². The highest BCUT2D eigenvalue weighted by atomic mass is 16.5. The Bertz CT molecular complexity index is 1100. The van der Waals surface area contributed by atoms with Crippen LogP contribution in [-0.4, -0.2) is 79.3 Å². The summed E-state index contributed by atoms with van der Waals surface area (Å²) in [7, 11) is 3.64. The molecule has 1 heterocycles. The maximum atomic E-state index is 13.2. The van der Waals surface area contributed by atoms with Gasteiger partial charge < -0.3 is 25.0 Å². The minimum absolute atomic E-state index is 0.00316. The van der Waals surface area contributed by atoms with E-state index in [1.54, 1.807) is 4.90 Å². The van der Waals surface area contributed by atoms with Gasteiger partial charge in [0.25, 0.3) is 0 Å². The van der Waals surface area contributed by atoms with E-state index in [2.05, 4.69) is 29.6 Å². The molecule has 1 saturated heterocycles. The molecule has 3 atom stereocenters. The molecule has 1 aliphatic heterocycles. The van der Waals surface area contributed by atoms with E-state index < -0.39 is 23.5 Å². The lowest BCUT2D eigenvalue weighted by molar-refractivity contribution is -0.144. The molecule has 8 nitrogen and oxygen atoms in total. The first-order chi connectivity index (χ1) is 16.3. The van der Waals surface area contributed by atoms with E-state index in [0.29, 0.717) is 19.5 Å². The molecule has 0 radical (unpaired) electrons. The maximum Gasteiger partial charge on any atom is 0.407 e. The molecule has 34 heavy (non-hydrogen) atoms. The number of aliphatic carboxylic acids is 1. The number of rotatable bonds is 7. The van der Waals surface area contributed by atoms with E-state index in [1.165, 1.54) is 0 Å². The van der Waals surface area contributed by atoms with Crippen LogP contribution in [0.1, 0.15) is 23.5 Å². The second kappa shape index (κ2) is 8.43. The van der Waals surface area contributed by atoms with Crippen molar-refractivity contribution in [2.45, 2.75) is 18.4 Å². The van der Waals surface area contributed by atoms with E-state index in [1.807, 2.05) is 43.3 Å². The van der Waals surface area contributed by atoms with Gasteiger partial charge in [-0.25, -0.2) is 4.79 Å². The van der Waals surface area contributed by atoms with E-state index >= 15 is 0 Å². The average Bonchev–Trinajstić information content (AvgIpc) is 3.24. The number of piperidine rings is 1. The number of fused-ring (bicyclic) bond motifs is 4. The Morgan fingerprint density at radius 1 is 1.12 bits per heavy atom. The minimum Gasteiger partial charge on any atom is -0.481 e. The predicted octanol–water partition coefficient (Wildman–Crippen LogP) is 2.39. The smallest absolute Gasteiger partial charge is 0.407 e. The molecule has 2 fully saturated rings. The highest BCUT2D eigenvalue weighted by Gasteiger charge is 2.66. The van der Waals surface area contributed by atoms with Gasteiger partial charge in [0.05, 0.1) is 5.41 Å². The molecule has 2 aromatic rings. The summed E-state index contributed by atoms with van der Waals surface area (Å²) in [6.07, 6.45) is -0.0380. The van der Waals surface area contributed by atoms with Crippen molar-refractivity contribution in [1.29, 1.82) is 0 Å². The van der Waals surface area contributed by atoms with Crippen LogP contribution in [0.4, 0.5) is 4.79 Å². The fraction of sp³-hybridized carbons (Fsp3) is 0.423. The van der Waals surface area contributed by atoms with E-state index in [0.717, 1.165) is 22.3 Å². The second-order valence-electron chi connectivity index (χ2n) is 9.87. The molecule has 2 aliphatic carbocycles. The number of hydrogen-bond donors (Lipinski definition) is 2. The van der Waals surface area contributed by atoms with Crippen LogP contribution in [-0.2, 0) is 14.3 Å². The molecule has 8 heteroatoms. The van der Waals surface area contributed by atoms with Gasteiger partial charge in [-0.3, -0.25) is 9.59 Å². The Balaban J connectivity index is 1.24. The number of amides is 2. The molecular weight excluding hydrogens is 434 g/mol. The molecule has 0 bridgehead atoms. The molecule has 0 aromatic heterocycles. The number of carboxylic acids is 1. The summed E-state index contributed by atoms with van der Waals surface area (Å²) >= 11 is 0. The SMILES string of the molecule is CN(C)C[C@H](NC(=O)OCC1c2ccccc2-c2ccccc21)C(=O)N1CC2CC2(C(=O)O)C1. The van der Waals surface area contributed by atoms with Crippen molar-refractivity contribution in [3.8, 4) is 11.1 Å². The number of ether oxygens (including phenoxy) is 1. The highest BCUT2D eigenvalue weighted by molar-refractivity contribution is 5.88. The van der Waals surface area contributed by atoms with Crippen molar-refractivity contribution in [2.24, 2.45) is 11.3 Å². The third-order valence-corrected chi connectivity index (χ3v) is 7.36. The first kappa shape index (κ1) is 22.4. The van der Waals surface area contributed by atoms with Crippen molar-refractivity contribution >= 4 is 18.0 Å². The Labute approximate surface area is 198 Å². The summed E-state index contributed by atoms with van der Waals surface area (Å²) in [6.45, 7) is 1.07. The number of likely N-dealkylation sites (N-methyl/N-ethyl adjacent to an activating group) is 1. The largest absolute Gasteiger partial charge is 0.481 e. The zero-order chi connectivity index (χ0) is 24.0. The van der Waals surface area contributed by atoms with Gasteiger partial charge in [0, 0.05) is 25.6 Å². The van der Waals surface area contributed by atoms with Gasteiger partial charge >= 0.3 is 12.1 Å². The maximum absolute atomic E-state index is 13.2. The van der Waals surface area contributed by atoms with Gasteiger partial charge in [-0.1, -0.05) is 48.5 Å². The number of nitrogens with one attached hydrogen (secondary N) is 1. The molecule has 178 valence electrons. The zero-order valence-electron chi connectivity index (χ0n) is 19.4. The van der Waals surface area contributed by atoms with Gasteiger partial charge in [0.15, 0.2) is 0 Å². The van der Waals surface area contributed by atoms with Crippen LogP contribution in [0.25, 0.3) is 11.1 Å². The van der Waals surface area contributed by atoms with Gasteiger partial charge in [-0.05, 0) is 48.7 Å². The standard InChI is InChI=1S/C26H29N3O5/c1-28(2)13-22(23(30)29-12-16-11-26(16,15-29)24(31)32)27-25(33)34-14-21-19-9-5-3-7-17(19)18-8-4-6-10-20(18)21/h3-10,16,21-22H,11-15H2,1-2H3,(H,27,33)(H,31,32)/t16?,22-,26?/m0/s1. The van der Waals surface area contributed by atoms with Gasteiger partial charge in [0.2, 0.25) is 5.91 Å². The van der Waals surface area contributed by atoms with Crippen molar-refractivity contribution < 1.29 is 24.2 Å². The van der Waals surface area contributed by atoms with Crippen LogP contribution in [0.15, 0.2) is 48.5 Å². The third kappa shape index (κ3) is 3.81. The van der Waals surface area contributed by atoms with Gasteiger partial charge in [-0.15, -0.1) is 0 Å². The summed E-state index contributed by atoms with van der Waals surface area (Å²) in [5, 5.41) is 12.2.